The van der Waals surface area contributed by atoms with Gasteiger partial charge in [-0.15, -0.1) is 0 Å². The van der Waals surface area contributed by atoms with Crippen LogP contribution < -0.4 is 9.64 Å². The molecule has 2 saturated heterocycles. The van der Waals surface area contributed by atoms with E-state index >= 15 is 0 Å². The Morgan fingerprint density at radius 3 is 2.74 bits per heavy atom. The highest BCUT2D eigenvalue weighted by Crippen LogP contribution is 2.33. The van der Waals surface area contributed by atoms with E-state index in [2.05, 4.69) is 0 Å². The summed E-state index contributed by atoms with van der Waals surface area (Å²) in [4.78, 5) is 28.0. The van der Waals surface area contributed by atoms with Crippen molar-refractivity contribution >= 4 is 17.6 Å². The predicted octanol–water partition coefficient (Wildman–Crippen LogP) is 1.74. The van der Waals surface area contributed by atoms with Crippen LogP contribution in [-0.4, -0.2) is 54.2 Å². The summed E-state index contributed by atoms with van der Waals surface area (Å²) in [7, 11) is 1.59. The first kappa shape index (κ1) is 15.8. The van der Waals surface area contributed by atoms with Gasteiger partial charge in [0, 0.05) is 6.54 Å². The standard InChI is InChI=1S/C17H22N2O4/c1-23-15-8-3-2-6-12(15)19-11-9-13(16(19)20)18-10-5-4-7-14(18)17(21)22/h2-3,6,8,13-14H,4-5,7,9-11H2,1H3,(H,21,22). The first-order valence-corrected chi connectivity index (χ1v) is 8.06. The van der Waals surface area contributed by atoms with Crippen LogP contribution in [0.5, 0.6) is 5.75 Å². The fourth-order valence-corrected chi connectivity index (χ4v) is 3.66. The van der Waals surface area contributed by atoms with E-state index in [1.54, 1.807) is 12.0 Å². The number of carbonyl (C=O) groups excluding carboxylic acids is 1. The zero-order valence-electron chi connectivity index (χ0n) is 13.3. The smallest absolute Gasteiger partial charge is 0.320 e. The average Bonchev–Trinajstić information content (AvgIpc) is 2.96. The molecule has 1 aromatic rings. The molecule has 0 saturated carbocycles. The number of likely N-dealkylation sites (tertiary alicyclic amines) is 1. The van der Waals surface area contributed by atoms with Gasteiger partial charge in [-0.05, 0) is 37.9 Å². The molecule has 0 spiro atoms. The molecule has 0 radical (unpaired) electrons. The predicted molar refractivity (Wildman–Crippen MR) is 85.7 cm³/mol. The van der Waals surface area contributed by atoms with Gasteiger partial charge in [0.25, 0.3) is 0 Å². The number of rotatable bonds is 4. The lowest BCUT2D eigenvalue weighted by molar-refractivity contribution is -0.146. The van der Waals surface area contributed by atoms with Crippen LogP contribution in [0.4, 0.5) is 5.69 Å². The molecule has 2 atom stereocenters. The van der Waals surface area contributed by atoms with Gasteiger partial charge >= 0.3 is 5.97 Å². The maximum atomic E-state index is 12.9. The number of hydrogen-bond acceptors (Lipinski definition) is 4. The Kier molecular flexibility index (Phi) is 4.52. The second-order valence-corrected chi connectivity index (χ2v) is 6.05. The minimum absolute atomic E-state index is 0.0253. The Bertz CT molecular complexity index is 604. The van der Waals surface area contributed by atoms with Crippen molar-refractivity contribution in [2.75, 3.05) is 25.1 Å². The van der Waals surface area contributed by atoms with E-state index in [9.17, 15) is 14.7 Å². The Hall–Kier alpha value is -2.08. The summed E-state index contributed by atoms with van der Waals surface area (Å²) in [5.74, 6) is -0.189. The number of amides is 1. The monoisotopic (exact) mass is 318 g/mol. The first-order chi connectivity index (χ1) is 11.1. The zero-order chi connectivity index (χ0) is 16.4. The molecule has 2 heterocycles. The van der Waals surface area contributed by atoms with Crippen LogP contribution in [-0.2, 0) is 9.59 Å². The van der Waals surface area contributed by atoms with Crippen molar-refractivity contribution < 1.29 is 19.4 Å². The van der Waals surface area contributed by atoms with E-state index in [0.29, 0.717) is 31.7 Å². The SMILES string of the molecule is COc1ccccc1N1CCC(N2CCCCC2C(=O)O)C1=O. The van der Waals surface area contributed by atoms with Gasteiger partial charge in [-0.2, -0.15) is 0 Å². The van der Waals surface area contributed by atoms with Crippen molar-refractivity contribution in [1.82, 2.24) is 4.90 Å². The fourth-order valence-electron chi connectivity index (χ4n) is 3.66. The molecule has 2 fully saturated rings. The van der Waals surface area contributed by atoms with Gasteiger partial charge in [0.1, 0.15) is 11.8 Å². The molecule has 1 N–H and O–H groups in total. The maximum absolute atomic E-state index is 12.9. The summed E-state index contributed by atoms with van der Waals surface area (Å²) in [5, 5.41) is 9.43. The second kappa shape index (κ2) is 6.58. The highest BCUT2D eigenvalue weighted by Gasteiger charge is 2.42. The summed E-state index contributed by atoms with van der Waals surface area (Å²) >= 11 is 0. The Balaban J connectivity index is 1.82. The van der Waals surface area contributed by atoms with Gasteiger partial charge in [0.2, 0.25) is 5.91 Å². The number of hydrogen-bond donors (Lipinski definition) is 1. The van der Waals surface area contributed by atoms with Crippen LogP contribution in [0, 0.1) is 0 Å². The summed E-state index contributed by atoms with van der Waals surface area (Å²) in [5.41, 5.74) is 0.756. The number of carboxylic acids is 1. The summed E-state index contributed by atoms with van der Waals surface area (Å²) in [6.45, 7) is 1.26. The molecule has 1 aromatic carbocycles. The third kappa shape index (κ3) is 2.91. The van der Waals surface area contributed by atoms with E-state index in [4.69, 9.17) is 4.74 Å². The quantitative estimate of drug-likeness (QED) is 0.916. The van der Waals surface area contributed by atoms with Gasteiger partial charge in [0.15, 0.2) is 0 Å². The first-order valence-electron chi connectivity index (χ1n) is 8.06. The molecular weight excluding hydrogens is 296 g/mol. The van der Waals surface area contributed by atoms with Crippen LogP contribution in [0.15, 0.2) is 24.3 Å². The molecule has 1 amide bonds. The Morgan fingerprint density at radius 1 is 1.22 bits per heavy atom. The third-order valence-electron chi connectivity index (χ3n) is 4.78. The van der Waals surface area contributed by atoms with E-state index in [-0.39, 0.29) is 11.9 Å². The molecule has 23 heavy (non-hydrogen) atoms. The zero-order valence-corrected chi connectivity index (χ0v) is 13.3. The molecule has 6 nitrogen and oxygen atoms in total. The van der Waals surface area contributed by atoms with E-state index in [1.165, 1.54) is 0 Å². The van der Waals surface area contributed by atoms with E-state index < -0.39 is 12.0 Å². The van der Waals surface area contributed by atoms with Crippen molar-refractivity contribution in [3.05, 3.63) is 24.3 Å². The van der Waals surface area contributed by atoms with Crippen LogP contribution in [0.25, 0.3) is 0 Å². The topological polar surface area (TPSA) is 70.1 Å². The van der Waals surface area contributed by atoms with Crippen molar-refractivity contribution in [2.45, 2.75) is 37.8 Å². The number of piperidine rings is 1. The molecular formula is C17H22N2O4. The Morgan fingerprint density at radius 2 is 2.00 bits per heavy atom. The molecule has 0 aromatic heterocycles. The maximum Gasteiger partial charge on any atom is 0.320 e. The van der Waals surface area contributed by atoms with E-state index in [1.807, 2.05) is 29.2 Å². The summed E-state index contributed by atoms with van der Waals surface area (Å²) in [6, 6.07) is 6.54. The normalized spacial score (nSPS) is 25.6. The number of aliphatic carboxylic acids is 1. The largest absolute Gasteiger partial charge is 0.495 e. The van der Waals surface area contributed by atoms with Crippen molar-refractivity contribution in [2.24, 2.45) is 0 Å². The number of methoxy groups -OCH3 is 1. The Labute approximate surface area is 135 Å². The number of para-hydroxylation sites is 2. The fraction of sp³-hybridized carbons (Fsp3) is 0.529. The second-order valence-electron chi connectivity index (χ2n) is 6.05. The molecule has 0 bridgehead atoms. The molecule has 2 unspecified atom stereocenters. The minimum Gasteiger partial charge on any atom is -0.495 e. The average molecular weight is 318 g/mol. The molecule has 0 aliphatic carbocycles. The number of anilines is 1. The molecule has 124 valence electrons. The van der Waals surface area contributed by atoms with Crippen molar-refractivity contribution in [3.63, 3.8) is 0 Å². The van der Waals surface area contributed by atoms with E-state index in [0.717, 1.165) is 18.5 Å². The molecule has 3 rings (SSSR count). The number of nitrogens with zero attached hydrogens (tertiary/aromatic N) is 2. The van der Waals surface area contributed by atoms with Gasteiger partial charge in [-0.3, -0.25) is 14.5 Å². The molecule has 2 aliphatic rings. The minimum atomic E-state index is -0.826. The van der Waals surface area contributed by atoms with Gasteiger partial charge < -0.3 is 14.7 Å². The summed E-state index contributed by atoms with van der Waals surface area (Å²) in [6.07, 6.45) is 3.13. The lowest BCUT2D eigenvalue weighted by atomic mass is 9.99. The van der Waals surface area contributed by atoms with Gasteiger partial charge in [0.05, 0.1) is 18.8 Å². The number of carbonyl (C=O) groups is 2. The number of ether oxygens (including phenoxy) is 1. The van der Waals surface area contributed by atoms with Crippen LogP contribution in [0.1, 0.15) is 25.7 Å². The number of carboxylic acid groups (broad SMARTS) is 1. The van der Waals surface area contributed by atoms with Crippen LogP contribution in [0.2, 0.25) is 0 Å². The molecule has 2 aliphatic heterocycles. The summed E-state index contributed by atoms with van der Waals surface area (Å²) < 4.78 is 5.34. The van der Waals surface area contributed by atoms with Gasteiger partial charge in [-0.25, -0.2) is 0 Å². The highest BCUT2D eigenvalue weighted by atomic mass is 16.5. The van der Waals surface area contributed by atoms with Crippen molar-refractivity contribution in [3.8, 4) is 5.75 Å². The van der Waals surface area contributed by atoms with Gasteiger partial charge in [-0.1, -0.05) is 18.6 Å². The van der Waals surface area contributed by atoms with Crippen LogP contribution in [0.3, 0.4) is 0 Å². The lowest BCUT2D eigenvalue weighted by Crippen LogP contribution is -2.52. The van der Waals surface area contributed by atoms with Crippen molar-refractivity contribution in [1.29, 1.82) is 0 Å². The molecule has 6 heteroatoms. The third-order valence-corrected chi connectivity index (χ3v) is 4.78. The van der Waals surface area contributed by atoms with Crippen LogP contribution >= 0.6 is 0 Å². The highest BCUT2D eigenvalue weighted by molar-refractivity contribution is 6.00. The lowest BCUT2D eigenvalue weighted by Gasteiger charge is -2.36. The number of benzene rings is 1.